The van der Waals surface area contributed by atoms with E-state index in [-0.39, 0.29) is 17.7 Å². The molecule has 0 aromatic rings. The third-order valence-corrected chi connectivity index (χ3v) is 4.14. The van der Waals surface area contributed by atoms with Crippen LogP contribution in [0.5, 0.6) is 0 Å². The molecule has 0 unspecified atom stereocenters. The van der Waals surface area contributed by atoms with Crippen molar-refractivity contribution < 1.29 is 19.0 Å². The monoisotopic (exact) mass is 212 g/mol. The molecule has 1 saturated heterocycles. The van der Waals surface area contributed by atoms with Crippen molar-refractivity contribution in [1.29, 1.82) is 0 Å². The number of methoxy groups -OCH3 is 1. The minimum atomic E-state index is -0.338. The zero-order chi connectivity index (χ0) is 10.5. The molecule has 4 nitrogen and oxygen atoms in total. The minimum absolute atomic E-state index is 0.0599. The highest BCUT2D eigenvalue weighted by Crippen LogP contribution is 2.57. The fraction of sp³-hybridized carbons (Fsp3) is 0.909. The van der Waals surface area contributed by atoms with Crippen LogP contribution >= 0.6 is 0 Å². The molecule has 0 aromatic heterocycles. The number of fused-ring (bicyclic) bond motifs is 3. The van der Waals surface area contributed by atoms with Gasteiger partial charge in [-0.25, -0.2) is 0 Å². The van der Waals surface area contributed by atoms with Crippen LogP contribution in [-0.2, 0) is 19.0 Å². The summed E-state index contributed by atoms with van der Waals surface area (Å²) in [6, 6.07) is 0. The molecule has 2 saturated carbocycles. The molecule has 1 spiro atoms. The summed E-state index contributed by atoms with van der Waals surface area (Å²) in [4.78, 5) is 11.5. The van der Waals surface area contributed by atoms with Crippen LogP contribution in [0.1, 0.15) is 19.3 Å². The van der Waals surface area contributed by atoms with Gasteiger partial charge in [-0.2, -0.15) is 0 Å². The number of rotatable bonds is 1. The normalized spacial score (nSPS) is 41.3. The summed E-state index contributed by atoms with van der Waals surface area (Å²) < 4.78 is 16.3. The Kier molecular flexibility index (Phi) is 2.04. The molecule has 1 heterocycles. The van der Waals surface area contributed by atoms with Crippen molar-refractivity contribution in [3.63, 3.8) is 0 Å². The number of carbonyl (C=O) groups excluding carboxylic acids is 1. The molecule has 1 aliphatic heterocycles. The second kappa shape index (κ2) is 3.19. The van der Waals surface area contributed by atoms with Crippen LogP contribution in [0.2, 0.25) is 0 Å². The van der Waals surface area contributed by atoms with E-state index in [2.05, 4.69) is 0 Å². The molecule has 4 heteroatoms. The van der Waals surface area contributed by atoms with Crippen LogP contribution in [0.25, 0.3) is 0 Å². The second-order valence-electron chi connectivity index (χ2n) is 4.77. The quantitative estimate of drug-likeness (QED) is 0.607. The highest BCUT2D eigenvalue weighted by molar-refractivity contribution is 5.73. The largest absolute Gasteiger partial charge is 0.469 e. The maximum absolute atomic E-state index is 11.5. The lowest BCUT2D eigenvalue weighted by Gasteiger charge is -2.34. The Hall–Kier alpha value is -0.610. The van der Waals surface area contributed by atoms with E-state index in [1.165, 1.54) is 7.11 Å². The number of hydrogen-bond acceptors (Lipinski definition) is 4. The lowest BCUT2D eigenvalue weighted by Crippen LogP contribution is -2.40. The molecule has 0 amide bonds. The number of carbonyl (C=O) groups is 1. The zero-order valence-corrected chi connectivity index (χ0v) is 8.90. The average molecular weight is 212 g/mol. The smallest absolute Gasteiger partial charge is 0.308 e. The van der Waals surface area contributed by atoms with Crippen LogP contribution in [0, 0.1) is 17.8 Å². The van der Waals surface area contributed by atoms with Gasteiger partial charge in [0.25, 0.3) is 0 Å². The minimum Gasteiger partial charge on any atom is -0.469 e. The lowest BCUT2D eigenvalue weighted by molar-refractivity contribution is -0.197. The van der Waals surface area contributed by atoms with E-state index in [1.807, 2.05) is 0 Å². The maximum Gasteiger partial charge on any atom is 0.308 e. The van der Waals surface area contributed by atoms with Crippen LogP contribution in [0.4, 0.5) is 0 Å². The molecule has 3 atom stereocenters. The van der Waals surface area contributed by atoms with Gasteiger partial charge < -0.3 is 14.2 Å². The SMILES string of the molecule is COC(=O)[C@H]1C[C@H]2C[C@@H]1CC21OCCO1. The Morgan fingerprint density at radius 1 is 1.33 bits per heavy atom. The van der Waals surface area contributed by atoms with E-state index in [1.54, 1.807) is 0 Å². The molecule has 0 N–H and O–H groups in total. The van der Waals surface area contributed by atoms with Gasteiger partial charge in [0.2, 0.25) is 0 Å². The van der Waals surface area contributed by atoms with E-state index in [0.717, 1.165) is 19.3 Å². The van der Waals surface area contributed by atoms with Gasteiger partial charge >= 0.3 is 5.97 Å². The first-order valence-electron chi connectivity index (χ1n) is 5.61. The van der Waals surface area contributed by atoms with Crippen LogP contribution in [-0.4, -0.2) is 32.1 Å². The van der Waals surface area contributed by atoms with Gasteiger partial charge in [-0.1, -0.05) is 0 Å². The average Bonchev–Trinajstić information content (AvgIpc) is 2.92. The molecule has 2 bridgehead atoms. The first kappa shape index (κ1) is 9.60. The highest BCUT2D eigenvalue weighted by Gasteiger charge is 2.60. The predicted octanol–water partition coefficient (Wildman–Crippen LogP) is 0.949. The summed E-state index contributed by atoms with van der Waals surface area (Å²) in [6.45, 7) is 1.40. The Balaban J connectivity index is 1.74. The van der Waals surface area contributed by atoms with Crippen molar-refractivity contribution in [3.8, 4) is 0 Å². The van der Waals surface area contributed by atoms with E-state index in [9.17, 15) is 4.79 Å². The Labute approximate surface area is 88.9 Å². The van der Waals surface area contributed by atoms with Crippen molar-refractivity contribution in [1.82, 2.24) is 0 Å². The summed E-state index contributed by atoms with van der Waals surface area (Å²) in [5.74, 6) is 0.485. The van der Waals surface area contributed by atoms with Gasteiger partial charge in [0.1, 0.15) is 0 Å². The molecule has 3 rings (SSSR count). The maximum atomic E-state index is 11.5. The van der Waals surface area contributed by atoms with Crippen molar-refractivity contribution in [2.75, 3.05) is 20.3 Å². The predicted molar refractivity (Wildman–Crippen MR) is 51.0 cm³/mol. The highest BCUT2D eigenvalue weighted by atomic mass is 16.7. The topological polar surface area (TPSA) is 44.8 Å². The Bertz CT molecular complexity index is 282. The summed E-state index contributed by atoms with van der Waals surface area (Å²) in [5, 5.41) is 0. The number of ether oxygens (including phenoxy) is 3. The molecule has 15 heavy (non-hydrogen) atoms. The van der Waals surface area contributed by atoms with Gasteiger partial charge in [0.15, 0.2) is 5.79 Å². The Morgan fingerprint density at radius 3 is 2.60 bits per heavy atom. The standard InChI is InChI=1S/C11H16O4/c1-13-10(12)9-5-8-4-7(9)6-11(8)14-2-3-15-11/h7-9H,2-6H2,1H3/t7-,8-,9+/m1/s1. The van der Waals surface area contributed by atoms with E-state index in [0.29, 0.717) is 25.0 Å². The van der Waals surface area contributed by atoms with Gasteiger partial charge in [-0.3, -0.25) is 4.79 Å². The van der Waals surface area contributed by atoms with Crippen LogP contribution in [0.15, 0.2) is 0 Å². The fourth-order valence-corrected chi connectivity index (χ4v) is 3.51. The Morgan fingerprint density at radius 2 is 2.07 bits per heavy atom. The van der Waals surface area contributed by atoms with Crippen molar-refractivity contribution >= 4 is 5.97 Å². The third-order valence-electron chi connectivity index (χ3n) is 4.14. The molecule has 3 aliphatic rings. The second-order valence-corrected chi connectivity index (χ2v) is 4.77. The van der Waals surface area contributed by atoms with Gasteiger partial charge in [-0.15, -0.1) is 0 Å². The molecule has 0 radical (unpaired) electrons. The van der Waals surface area contributed by atoms with Crippen molar-refractivity contribution in [3.05, 3.63) is 0 Å². The van der Waals surface area contributed by atoms with Gasteiger partial charge in [0, 0.05) is 12.3 Å². The number of hydrogen-bond donors (Lipinski definition) is 0. The van der Waals surface area contributed by atoms with E-state index in [4.69, 9.17) is 14.2 Å². The van der Waals surface area contributed by atoms with Crippen molar-refractivity contribution in [2.45, 2.75) is 25.0 Å². The molecular weight excluding hydrogens is 196 g/mol. The van der Waals surface area contributed by atoms with E-state index < -0.39 is 0 Å². The molecule has 2 aliphatic carbocycles. The van der Waals surface area contributed by atoms with E-state index >= 15 is 0 Å². The van der Waals surface area contributed by atoms with Gasteiger partial charge in [-0.05, 0) is 18.8 Å². The van der Waals surface area contributed by atoms with Crippen LogP contribution in [0.3, 0.4) is 0 Å². The molecule has 84 valence electrons. The summed E-state index contributed by atoms with van der Waals surface area (Å²) in [7, 11) is 1.46. The zero-order valence-electron chi connectivity index (χ0n) is 8.90. The molecular formula is C11H16O4. The summed E-state index contributed by atoms with van der Waals surface area (Å²) in [6.07, 6.45) is 2.80. The fourth-order valence-electron chi connectivity index (χ4n) is 3.51. The summed E-state index contributed by atoms with van der Waals surface area (Å²) in [5.41, 5.74) is 0. The number of esters is 1. The molecule has 0 aromatic carbocycles. The first-order chi connectivity index (χ1) is 7.25. The third kappa shape index (κ3) is 1.24. The van der Waals surface area contributed by atoms with Crippen molar-refractivity contribution in [2.24, 2.45) is 17.8 Å². The molecule has 3 fully saturated rings. The first-order valence-corrected chi connectivity index (χ1v) is 5.61. The van der Waals surface area contributed by atoms with Crippen LogP contribution < -0.4 is 0 Å². The van der Waals surface area contributed by atoms with Gasteiger partial charge in [0.05, 0.1) is 26.2 Å². The summed E-state index contributed by atoms with van der Waals surface area (Å²) >= 11 is 0. The lowest BCUT2D eigenvalue weighted by atomic mass is 9.85.